The van der Waals surface area contributed by atoms with Gasteiger partial charge in [0, 0.05) is 7.11 Å². The number of rotatable bonds is 10. The van der Waals surface area contributed by atoms with Gasteiger partial charge >= 0.3 is 0 Å². The summed E-state index contributed by atoms with van der Waals surface area (Å²) in [6, 6.07) is 19.9. The third kappa shape index (κ3) is 6.28. The van der Waals surface area contributed by atoms with Crippen LogP contribution in [0.1, 0.15) is 18.1 Å². The van der Waals surface area contributed by atoms with Gasteiger partial charge in [0.25, 0.3) is 0 Å². The zero-order chi connectivity index (χ0) is 20.5. The minimum Gasteiger partial charge on any atom is -0.387 e. The molecule has 0 bridgehead atoms. The Kier molecular flexibility index (Phi) is 8.98. The van der Waals surface area contributed by atoms with Gasteiger partial charge in [0.2, 0.25) is 0 Å². The standard InChI is InChI=1S/C23H30O5S/c1-3-29-23-22(27-15-18-12-8-5-9-13-18)21(25-2)20(24)19(28-23)16-26-14-17-10-6-4-7-11-17/h4-13,19-24H,3,14-16H2,1-2H3/t19-,20-,21+,22-,23+/m1/s1. The maximum absolute atomic E-state index is 10.9. The predicted molar refractivity (Wildman–Crippen MR) is 115 cm³/mol. The van der Waals surface area contributed by atoms with Crippen LogP contribution in [-0.4, -0.2) is 54.4 Å². The lowest BCUT2D eigenvalue weighted by molar-refractivity contribution is -0.232. The average Bonchev–Trinajstić information content (AvgIpc) is 2.76. The Morgan fingerprint density at radius 2 is 1.55 bits per heavy atom. The summed E-state index contributed by atoms with van der Waals surface area (Å²) in [6.07, 6.45) is -2.15. The monoisotopic (exact) mass is 418 g/mol. The first-order chi connectivity index (χ1) is 14.2. The molecule has 158 valence electrons. The SMILES string of the molecule is CCS[C@@H]1O[C@H](COCc2ccccc2)[C@@H](O)[C@H](OC)[C@H]1OCc1ccccc1. The first-order valence-corrected chi connectivity index (χ1v) is 11.0. The second-order valence-electron chi connectivity index (χ2n) is 6.95. The Labute approximate surface area is 177 Å². The molecule has 0 amide bonds. The molecule has 0 aliphatic carbocycles. The Morgan fingerprint density at radius 1 is 0.931 bits per heavy atom. The summed E-state index contributed by atoms with van der Waals surface area (Å²) >= 11 is 1.66. The van der Waals surface area contributed by atoms with Crippen molar-refractivity contribution in [1.29, 1.82) is 0 Å². The van der Waals surface area contributed by atoms with E-state index < -0.39 is 18.3 Å². The number of ether oxygens (including phenoxy) is 4. The fourth-order valence-electron chi connectivity index (χ4n) is 3.41. The molecule has 29 heavy (non-hydrogen) atoms. The van der Waals surface area contributed by atoms with Crippen LogP contribution in [0.5, 0.6) is 0 Å². The van der Waals surface area contributed by atoms with E-state index in [9.17, 15) is 5.11 Å². The molecule has 1 saturated heterocycles. The van der Waals surface area contributed by atoms with E-state index in [1.54, 1.807) is 18.9 Å². The number of hydrogen-bond donors (Lipinski definition) is 1. The summed E-state index contributed by atoms with van der Waals surface area (Å²) in [5, 5.41) is 10.9. The van der Waals surface area contributed by atoms with Gasteiger partial charge in [-0.1, -0.05) is 67.6 Å². The highest BCUT2D eigenvalue weighted by molar-refractivity contribution is 7.99. The summed E-state index contributed by atoms with van der Waals surface area (Å²) in [4.78, 5) is 0. The van der Waals surface area contributed by atoms with Crippen molar-refractivity contribution in [1.82, 2.24) is 0 Å². The van der Waals surface area contributed by atoms with E-state index in [0.29, 0.717) is 19.8 Å². The Hall–Kier alpha value is -1.41. The van der Waals surface area contributed by atoms with Crippen molar-refractivity contribution in [2.45, 2.75) is 50.0 Å². The lowest BCUT2D eigenvalue weighted by atomic mass is 9.99. The van der Waals surface area contributed by atoms with Crippen molar-refractivity contribution in [2.75, 3.05) is 19.5 Å². The molecule has 1 aliphatic rings. The van der Waals surface area contributed by atoms with Crippen LogP contribution in [0.2, 0.25) is 0 Å². The molecule has 1 heterocycles. The minimum absolute atomic E-state index is 0.234. The van der Waals surface area contributed by atoms with Crippen LogP contribution in [0.15, 0.2) is 60.7 Å². The van der Waals surface area contributed by atoms with Gasteiger partial charge < -0.3 is 24.1 Å². The van der Waals surface area contributed by atoms with Crippen LogP contribution in [0, 0.1) is 0 Å². The van der Waals surface area contributed by atoms with Crippen molar-refractivity contribution in [3.8, 4) is 0 Å². The molecule has 1 N–H and O–H groups in total. The highest BCUT2D eigenvalue weighted by Gasteiger charge is 2.46. The van der Waals surface area contributed by atoms with Crippen LogP contribution < -0.4 is 0 Å². The van der Waals surface area contributed by atoms with E-state index in [2.05, 4.69) is 6.92 Å². The summed E-state index contributed by atoms with van der Waals surface area (Å²) in [7, 11) is 1.60. The first-order valence-electron chi connectivity index (χ1n) is 9.98. The number of methoxy groups -OCH3 is 1. The van der Waals surface area contributed by atoms with Crippen LogP contribution in [0.4, 0.5) is 0 Å². The van der Waals surface area contributed by atoms with E-state index in [1.807, 2.05) is 60.7 Å². The quantitative estimate of drug-likeness (QED) is 0.636. The van der Waals surface area contributed by atoms with Gasteiger partial charge in [-0.15, -0.1) is 11.8 Å². The number of aliphatic hydroxyl groups excluding tert-OH is 1. The van der Waals surface area contributed by atoms with Crippen molar-refractivity contribution in [2.24, 2.45) is 0 Å². The third-order valence-corrected chi connectivity index (χ3v) is 5.94. The summed E-state index contributed by atoms with van der Waals surface area (Å²) in [5.74, 6) is 0.875. The molecule has 2 aromatic carbocycles. The van der Waals surface area contributed by atoms with Crippen molar-refractivity contribution < 1.29 is 24.1 Å². The molecule has 6 heteroatoms. The maximum Gasteiger partial charge on any atom is 0.132 e. The van der Waals surface area contributed by atoms with Gasteiger partial charge in [0.1, 0.15) is 29.9 Å². The second-order valence-corrected chi connectivity index (χ2v) is 8.33. The minimum atomic E-state index is -0.828. The fraction of sp³-hybridized carbons (Fsp3) is 0.478. The largest absolute Gasteiger partial charge is 0.387 e. The highest BCUT2D eigenvalue weighted by Crippen LogP contribution is 2.32. The molecule has 0 saturated carbocycles. The van der Waals surface area contributed by atoms with E-state index in [-0.39, 0.29) is 11.5 Å². The van der Waals surface area contributed by atoms with E-state index in [4.69, 9.17) is 18.9 Å². The molecule has 5 nitrogen and oxygen atoms in total. The smallest absolute Gasteiger partial charge is 0.132 e. The van der Waals surface area contributed by atoms with E-state index in [1.165, 1.54) is 0 Å². The zero-order valence-corrected chi connectivity index (χ0v) is 17.8. The molecular weight excluding hydrogens is 388 g/mol. The molecule has 0 aromatic heterocycles. The van der Waals surface area contributed by atoms with E-state index in [0.717, 1.165) is 16.9 Å². The predicted octanol–water partition coefficient (Wildman–Crippen LogP) is 3.64. The van der Waals surface area contributed by atoms with Crippen LogP contribution in [-0.2, 0) is 32.2 Å². The second kappa shape index (κ2) is 11.7. The molecule has 1 aliphatic heterocycles. The molecule has 0 unspecified atom stereocenters. The zero-order valence-electron chi connectivity index (χ0n) is 17.0. The molecular formula is C23H30O5S. The summed E-state index contributed by atoms with van der Waals surface area (Å²) in [5.41, 5.74) is 1.93. The van der Waals surface area contributed by atoms with Gasteiger partial charge in [0.15, 0.2) is 0 Å². The number of thioether (sulfide) groups is 1. The van der Waals surface area contributed by atoms with Gasteiger partial charge in [-0.3, -0.25) is 0 Å². The highest BCUT2D eigenvalue weighted by atomic mass is 32.2. The van der Waals surface area contributed by atoms with Crippen LogP contribution in [0.25, 0.3) is 0 Å². The van der Waals surface area contributed by atoms with Crippen LogP contribution >= 0.6 is 11.8 Å². The molecule has 5 atom stereocenters. The van der Waals surface area contributed by atoms with Gasteiger partial charge in [-0.05, 0) is 16.9 Å². The van der Waals surface area contributed by atoms with Gasteiger partial charge in [-0.2, -0.15) is 0 Å². The Morgan fingerprint density at radius 3 is 2.14 bits per heavy atom. The topological polar surface area (TPSA) is 57.2 Å². The van der Waals surface area contributed by atoms with Crippen molar-refractivity contribution in [3.05, 3.63) is 71.8 Å². The number of aliphatic hydroxyl groups is 1. The Balaban J connectivity index is 1.61. The normalized spacial score (nSPS) is 27.1. The summed E-state index contributed by atoms with van der Waals surface area (Å²) < 4.78 is 23.8. The molecule has 3 rings (SSSR count). The Bertz CT molecular complexity index is 699. The van der Waals surface area contributed by atoms with E-state index >= 15 is 0 Å². The lowest BCUT2D eigenvalue weighted by Gasteiger charge is -2.43. The van der Waals surface area contributed by atoms with Crippen molar-refractivity contribution >= 4 is 11.8 Å². The first kappa shape index (κ1) is 22.3. The van der Waals surface area contributed by atoms with Crippen LogP contribution in [0.3, 0.4) is 0 Å². The fourth-order valence-corrected chi connectivity index (χ4v) is 4.38. The molecule has 0 spiro atoms. The maximum atomic E-state index is 10.9. The average molecular weight is 419 g/mol. The third-order valence-electron chi connectivity index (χ3n) is 4.90. The molecule has 2 aromatic rings. The van der Waals surface area contributed by atoms with Gasteiger partial charge in [0.05, 0.1) is 19.8 Å². The number of benzene rings is 2. The van der Waals surface area contributed by atoms with Crippen molar-refractivity contribution in [3.63, 3.8) is 0 Å². The lowest BCUT2D eigenvalue weighted by Crippen LogP contribution is -2.59. The van der Waals surface area contributed by atoms with Gasteiger partial charge in [-0.25, -0.2) is 0 Å². The summed E-state index contributed by atoms with van der Waals surface area (Å²) in [6.45, 7) is 3.29. The molecule has 0 radical (unpaired) electrons. The number of hydrogen-bond acceptors (Lipinski definition) is 6. The molecule has 1 fully saturated rings.